The first-order valence-electron chi connectivity index (χ1n) is 9.58. The van der Waals surface area contributed by atoms with Gasteiger partial charge in [-0.1, -0.05) is 37.3 Å². The zero-order chi connectivity index (χ0) is 21.7. The van der Waals surface area contributed by atoms with Gasteiger partial charge in [0.05, 0.1) is 11.9 Å². The zero-order valence-electron chi connectivity index (χ0n) is 17.7. The second kappa shape index (κ2) is 9.31. The largest absolute Gasteiger partial charge is 0.481 e. The van der Waals surface area contributed by atoms with Crippen LogP contribution in [0.5, 0.6) is 5.75 Å². The van der Waals surface area contributed by atoms with Crippen LogP contribution in [0.1, 0.15) is 32.8 Å². The summed E-state index contributed by atoms with van der Waals surface area (Å²) in [6, 6.07) is 16.7. The molecule has 0 aliphatic carbocycles. The number of amides is 1. The van der Waals surface area contributed by atoms with Crippen LogP contribution in [0.2, 0.25) is 0 Å². The Morgan fingerprint density at radius 1 is 1.10 bits per heavy atom. The normalized spacial score (nSPS) is 12.9. The Morgan fingerprint density at radius 2 is 1.69 bits per heavy atom. The monoisotopic (exact) mass is 418 g/mol. The Bertz CT molecular complexity index is 910. The van der Waals surface area contributed by atoms with E-state index < -0.39 is 21.7 Å². The summed E-state index contributed by atoms with van der Waals surface area (Å²) in [5.41, 5.74) is 1.26. The summed E-state index contributed by atoms with van der Waals surface area (Å²) >= 11 is 0. The Hall–Kier alpha value is -2.54. The van der Waals surface area contributed by atoms with Crippen LogP contribution >= 0.6 is 0 Å². The summed E-state index contributed by atoms with van der Waals surface area (Å²) in [5, 5.41) is 3.07. The summed E-state index contributed by atoms with van der Waals surface area (Å²) in [6.07, 6.45) is 1.73. The van der Waals surface area contributed by atoms with Crippen molar-refractivity contribution in [1.29, 1.82) is 0 Å². The van der Waals surface area contributed by atoms with E-state index in [2.05, 4.69) is 5.32 Å². The molecule has 0 aliphatic heterocycles. The molecule has 2 aromatic carbocycles. The number of rotatable bonds is 9. The highest BCUT2D eigenvalue weighted by Crippen LogP contribution is 2.22. The van der Waals surface area contributed by atoms with Gasteiger partial charge in [-0.3, -0.25) is 9.10 Å². The molecule has 0 bridgehead atoms. The molecule has 6 nitrogen and oxygen atoms in total. The van der Waals surface area contributed by atoms with Crippen molar-refractivity contribution in [2.45, 2.75) is 45.3 Å². The fraction of sp³-hybridized carbons (Fsp3) is 0.409. The van der Waals surface area contributed by atoms with Gasteiger partial charge < -0.3 is 10.1 Å². The van der Waals surface area contributed by atoms with Crippen molar-refractivity contribution in [2.24, 2.45) is 0 Å². The van der Waals surface area contributed by atoms with Crippen molar-refractivity contribution in [3.8, 4) is 5.75 Å². The minimum absolute atomic E-state index is 0.175. The molecular weight excluding hydrogens is 388 g/mol. The van der Waals surface area contributed by atoms with E-state index in [4.69, 9.17) is 4.74 Å². The van der Waals surface area contributed by atoms with Crippen LogP contribution in [0.3, 0.4) is 0 Å². The lowest BCUT2D eigenvalue weighted by molar-refractivity contribution is -0.129. The van der Waals surface area contributed by atoms with E-state index in [1.807, 2.05) is 51.1 Å². The lowest BCUT2D eigenvalue weighted by Gasteiger charge is -2.29. The maximum atomic E-state index is 12.8. The average molecular weight is 419 g/mol. The molecule has 1 N–H and O–H groups in total. The molecule has 158 valence electrons. The fourth-order valence-corrected chi connectivity index (χ4v) is 3.48. The minimum atomic E-state index is -3.33. The maximum absolute atomic E-state index is 12.8. The number of carbonyl (C=O) groups excluding carboxylic acids is 1. The van der Waals surface area contributed by atoms with Gasteiger partial charge in [0, 0.05) is 12.6 Å². The number of nitrogens with zero attached hydrogens (tertiary/aromatic N) is 1. The highest BCUT2D eigenvalue weighted by molar-refractivity contribution is 7.92. The molecule has 2 aromatic rings. The summed E-state index contributed by atoms with van der Waals surface area (Å²) in [6.45, 7) is 5.86. The third kappa shape index (κ3) is 6.78. The molecule has 2 rings (SSSR count). The van der Waals surface area contributed by atoms with Crippen molar-refractivity contribution in [2.75, 3.05) is 17.6 Å². The molecule has 0 spiro atoms. The first-order chi connectivity index (χ1) is 13.5. The van der Waals surface area contributed by atoms with Crippen molar-refractivity contribution < 1.29 is 17.9 Å². The predicted molar refractivity (Wildman–Crippen MR) is 117 cm³/mol. The van der Waals surface area contributed by atoms with Crippen LogP contribution in [0.25, 0.3) is 0 Å². The number of nitrogens with one attached hydrogen (secondary N) is 1. The van der Waals surface area contributed by atoms with E-state index >= 15 is 0 Å². The third-order valence-corrected chi connectivity index (χ3v) is 5.80. The van der Waals surface area contributed by atoms with Crippen molar-refractivity contribution in [1.82, 2.24) is 5.32 Å². The molecule has 0 aliphatic rings. The predicted octanol–water partition coefficient (Wildman–Crippen LogP) is 3.38. The molecule has 0 heterocycles. The molecule has 1 atom stereocenters. The standard InChI is InChI=1S/C22H30N2O4S/c1-6-20(21(25)23-22(2,3)16-17-10-8-7-9-11-17)28-19-14-12-18(13-15-19)24(4)29(5,26)27/h7-15,20H,6,16H2,1-5H3,(H,23,25)/t20-/m0/s1. The molecular formula is C22H30N2O4S. The van der Waals surface area contributed by atoms with E-state index in [9.17, 15) is 13.2 Å². The smallest absolute Gasteiger partial charge is 0.261 e. The number of benzene rings is 2. The summed E-state index contributed by atoms with van der Waals surface area (Å²) in [5.74, 6) is 0.337. The first-order valence-corrected chi connectivity index (χ1v) is 11.4. The minimum Gasteiger partial charge on any atom is -0.481 e. The molecule has 0 fully saturated rings. The van der Waals surface area contributed by atoms with Gasteiger partial charge in [-0.15, -0.1) is 0 Å². The van der Waals surface area contributed by atoms with E-state index in [1.165, 1.54) is 11.4 Å². The molecule has 1 amide bonds. The van der Waals surface area contributed by atoms with Crippen molar-refractivity contribution in [3.63, 3.8) is 0 Å². The highest BCUT2D eigenvalue weighted by atomic mass is 32.2. The Morgan fingerprint density at radius 3 is 2.21 bits per heavy atom. The number of anilines is 1. The quantitative estimate of drug-likeness (QED) is 0.677. The summed E-state index contributed by atoms with van der Waals surface area (Å²) in [7, 11) is -1.84. The second-order valence-electron chi connectivity index (χ2n) is 7.77. The maximum Gasteiger partial charge on any atom is 0.261 e. The molecule has 0 radical (unpaired) electrons. The van der Waals surface area contributed by atoms with Crippen LogP contribution in [0.4, 0.5) is 5.69 Å². The molecule has 0 aromatic heterocycles. The van der Waals surface area contributed by atoms with Gasteiger partial charge in [-0.05, 0) is 56.5 Å². The lowest BCUT2D eigenvalue weighted by atomic mass is 9.94. The first kappa shape index (κ1) is 22.7. The van der Waals surface area contributed by atoms with Gasteiger partial charge in [0.25, 0.3) is 5.91 Å². The molecule has 0 unspecified atom stereocenters. The van der Waals surface area contributed by atoms with Gasteiger partial charge in [0.15, 0.2) is 6.10 Å². The van der Waals surface area contributed by atoms with Gasteiger partial charge in [-0.2, -0.15) is 0 Å². The number of carbonyl (C=O) groups is 1. The molecule has 0 saturated heterocycles. The third-order valence-electron chi connectivity index (χ3n) is 4.59. The van der Waals surface area contributed by atoms with E-state index in [0.717, 1.165) is 11.8 Å². The van der Waals surface area contributed by atoms with Crippen LogP contribution in [0, 0.1) is 0 Å². The zero-order valence-corrected chi connectivity index (χ0v) is 18.5. The molecule has 7 heteroatoms. The Kier molecular flexibility index (Phi) is 7.30. The lowest BCUT2D eigenvalue weighted by Crippen LogP contribution is -2.50. The van der Waals surface area contributed by atoms with Crippen LogP contribution in [0.15, 0.2) is 54.6 Å². The van der Waals surface area contributed by atoms with E-state index in [0.29, 0.717) is 24.3 Å². The second-order valence-corrected chi connectivity index (χ2v) is 9.79. The number of hydrogen-bond acceptors (Lipinski definition) is 4. The van der Waals surface area contributed by atoms with E-state index in [1.54, 1.807) is 24.3 Å². The van der Waals surface area contributed by atoms with Crippen LogP contribution in [-0.4, -0.2) is 39.3 Å². The van der Waals surface area contributed by atoms with Crippen molar-refractivity contribution >= 4 is 21.6 Å². The van der Waals surface area contributed by atoms with Crippen LogP contribution < -0.4 is 14.4 Å². The SMILES string of the molecule is CC[C@H](Oc1ccc(N(C)S(C)(=O)=O)cc1)C(=O)NC(C)(C)Cc1ccccc1. The topological polar surface area (TPSA) is 75.7 Å². The van der Waals surface area contributed by atoms with Gasteiger partial charge in [0.2, 0.25) is 10.0 Å². The fourth-order valence-electron chi connectivity index (χ4n) is 2.98. The van der Waals surface area contributed by atoms with Gasteiger partial charge >= 0.3 is 0 Å². The van der Waals surface area contributed by atoms with Gasteiger partial charge in [0.1, 0.15) is 5.75 Å². The van der Waals surface area contributed by atoms with Crippen molar-refractivity contribution in [3.05, 3.63) is 60.2 Å². The van der Waals surface area contributed by atoms with Gasteiger partial charge in [-0.25, -0.2) is 8.42 Å². The Balaban J connectivity index is 2.02. The average Bonchev–Trinajstić information content (AvgIpc) is 2.65. The number of sulfonamides is 1. The van der Waals surface area contributed by atoms with Crippen LogP contribution in [-0.2, 0) is 21.2 Å². The summed E-state index contributed by atoms with van der Waals surface area (Å²) in [4.78, 5) is 12.8. The highest BCUT2D eigenvalue weighted by Gasteiger charge is 2.26. The van der Waals surface area contributed by atoms with E-state index in [-0.39, 0.29) is 5.91 Å². The number of hydrogen-bond donors (Lipinski definition) is 1. The molecule has 29 heavy (non-hydrogen) atoms. The summed E-state index contributed by atoms with van der Waals surface area (Å²) < 4.78 is 30.3. The molecule has 0 saturated carbocycles. The number of ether oxygens (including phenoxy) is 1. The Labute approximate surface area is 173 Å².